The van der Waals surface area contributed by atoms with E-state index in [4.69, 9.17) is 16.3 Å². The summed E-state index contributed by atoms with van der Waals surface area (Å²) in [6.45, 7) is 3.92. The van der Waals surface area contributed by atoms with Crippen LogP contribution in [0.5, 0.6) is 5.75 Å². The molecule has 0 spiro atoms. The standard InChI is InChI=1S/C24H21ClN4O2/c1-15(2)31-23-8-5-18(13-20(23)25)22-14-21(28-29-22)16-3-6-19(7-4-16)27-24(30)17-9-11-26-12-10-17/h3-15H,1-2H3,(H,27,30)(H,28,29). The fourth-order valence-electron chi connectivity index (χ4n) is 3.07. The van der Waals surface area contributed by atoms with Crippen LogP contribution >= 0.6 is 11.6 Å². The number of nitrogens with zero attached hydrogens (tertiary/aromatic N) is 2. The summed E-state index contributed by atoms with van der Waals surface area (Å²) in [5, 5.41) is 10.9. The van der Waals surface area contributed by atoms with Crippen LogP contribution in [0.3, 0.4) is 0 Å². The molecule has 6 nitrogen and oxygen atoms in total. The summed E-state index contributed by atoms with van der Waals surface area (Å²) >= 11 is 6.35. The molecule has 0 atom stereocenters. The number of rotatable bonds is 6. The molecule has 31 heavy (non-hydrogen) atoms. The Morgan fingerprint density at radius 1 is 1.00 bits per heavy atom. The molecule has 0 unspecified atom stereocenters. The lowest BCUT2D eigenvalue weighted by Gasteiger charge is -2.11. The lowest BCUT2D eigenvalue weighted by molar-refractivity contribution is 0.102. The Morgan fingerprint density at radius 2 is 1.71 bits per heavy atom. The van der Waals surface area contributed by atoms with E-state index in [2.05, 4.69) is 20.5 Å². The Kier molecular flexibility index (Phi) is 6.00. The van der Waals surface area contributed by atoms with Crippen molar-refractivity contribution in [3.8, 4) is 28.3 Å². The zero-order valence-corrected chi connectivity index (χ0v) is 17.9. The molecule has 0 aliphatic heterocycles. The molecule has 0 radical (unpaired) electrons. The molecule has 0 bridgehead atoms. The largest absolute Gasteiger partial charge is 0.489 e. The normalized spacial score (nSPS) is 10.8. The van der Waals surface area contributed by atoms with Crippen LogP contribution in [0.2, 0.25) is 5.02 Å². The summed E-state index contributed by atoms with van der Waals surface area (Å²) in [7, 11) is 0. The van der Waals surface area contributed by atoms with Gasteiger partial charge in [0.05, 0.1) is 22.5 Å². The second-order valence-electron chi connectivity index (χ2n) is 7.25. The van der Waals surface area contributed by atoms with Gasteiger partial charge in [0.2, 0.25) is 0 Å². The van der Waals surface area contributed by atoms with E-state index in [1.807, 2.05) is 62.4 Å². The average Bonchev–Trinajstić information content (AvgIpc) is 3.26. The van der Waals surface area contributed by atoms with Gasteiger partial charge < -0.3 is 10.1 Å². The maximum atomic E-state index is 12.3. The number of carbonyl (C=O) groups excluding carboxylic acids is 1. The first-order valence-corrected chi connectivity index (χ1v) is 10.2. The molecular formula is C24H21ClN4O2. The smallest absolute Gasteiger partial charge is 0.255 e. The van der Waals surface area contributed by atoms with Crippen LogP contribution in [-0.4, -0.2) is 27.2 Å². The number of H-pyrrole nitrogens is 1. The van der Waals surface area contributed by atoms with Gasteiger partial charge in [-0.05, 0) is 67.9 Å². The second kappa shape index (κ2) is 9.02. The minimum atomic E-state index is -0.180. The van der Waals surface area contributed by atoms with E-state index in [9.17, 15) is 4.79 Å². The highest BCUT2D eigenvalue weighted by atomic mass is 35.5. The lowest BCUT2D eigenvalue weighted by Crippen LogP contribution is -2.11. The van der Waals surface area contributed by atoms with Crippen molar-refractivity contribution in [3.63, 3.8) is 0 Å². The van der Waals surface area contributed by atoms with Crippen LogP contribution in [-0.2, 0) is 0 Å². The fraction of sp³-hybridized carbons (Fsp3) is 0.125. The zero-order chi connectivity index (χ0) is 21.8. The molecule has 0 aliphatic carbocycles. The van der Waals surface area contributed by atoms with Gasteiger partial charge in [-0.25, -0.2) is 0 Å². The molecule has 0 saturated carbocycles. The number of halogens is 1. The van der Waals surface area contributed by atoms with Gasteiger partial charge in [0.15, 0.2) is 0 Å². The first-order valence-electron chi connectivity index (χ1n) is 9.83. The predicted octanol–water partition coefficient (Wildman–Crippen LogP) is 5.83. The van der Waals surface area contributed by atoms with Gasteiger partial charge in [-0.15, -0.1) is 0 Å². The van der Waals surface area contributed by atoms with E-state index in [-0.39, 0.29) is 12.0 Å². The predicted molar refractivity (Wildman–Crippen MR) is 122 cm³/mol. The molecule has 156 valence electrons. The van der Waals surface area contributed by atoms with Crippen molar-refractivity contribution in [3.05, 3.63) is 83.6 Å². The number of aromatic nitrogens is 3. The number of ether oxygens (including phenoxy) is 1. The second-order valence-corrected chi connectivity index (χ2v) is 7.65. The third-order valence-electron chi connectivity index (χ3n) is 4.56. The third kappa shape index (κ3) is 4.92. The molecule has 7 heteroatoms. The summed E-state index contributed by atoms with van der Waals surface area (Å²) in [5.41, 5.74) is 4.75. The van der Waals surface area contributed by atoms with Gasteiger partial charge in [0, 0.05) is 29.2 Å². The van der Waals surface area contributed by atoms with Crippen molar-refractivity contribution >= 4 is 23.2 Å². The minimum absolute atomic E-state index is 0.0535. The number of hydrogen-bond acceptors (Lipinski definition) is 4. The Morgan fingerprint density at radius 3 is 2.39 bits per heavy atom. The SMILES string of the molecule is CC(C)Oc1ccc(-c2cc(-c3ccc(NC(=O)c4ccncc4)cc3)[nH]n2)cc1Cl. The summed E-state index contributed by atoms with van der Waals surface area (Å²) in [4.78, 5) is 16.2. The van der Waals surface area contributed by atoms with Crippen LogP contribution < -0.4 is 10.1 Å². The molecule has 0 fully saturated rings. The van der Waals surface area contributed by atoms with Crippen LogP contribution in [0.4, 0.5) is 5.69 Å². The Hall–Kier alpha value is -3.64. The van der Waals surface area contributed by atoms with E-state index in [0.717, 1.165) is 22.5 Å². The van der Waals surface area contributed by atoms with Crippen LogP contribution in [0, 0.1) is 0 Å². The molecular weight excluding hydrogens is 412 g/mol. The molecule has 2 heterocycles. The van der Waals surface area contributed by atoms with Crippen molar-refractivity contribution in [2.75, 3.05) is 5.32 Å². The van der Waals surface area contributed by atoms with Gasteiger partial charge in [0.25, 0.3) is 5.91 Å². The van der Waals surface area contributed by atoms with Crippen LogP contribution in [0.15, 0.2) is 73.1 Å². The van der Waals surface area contributed by atoms with Gasteiger partial charge >= 0.3 is 0 Å². The van der Waals surface area contributed by atoms with E-state index in [1.54, 1.807) is 24.5 Å². The fourth-order valence-corrected chi connectivity index (χ4v) is 3.29. The molecule has 2 aromatic carbocycles. The number of pyridine rings is 1. The van der Waals surface area contributed by atoms with E-state index in [1.165, 1.54) is 0 Å². The van der Waals surface area contributed by atoms with Crippen molar-refractivity contribution in [1.29, 1.82) is 0 Å². The third-order valence-corrected chi connectivity index (χ3v) is 4.86. The number of carbonyl (C=O) groups is 1. The topological polar surface area (TPSA) is 79.9 Å². The summed E-state index contributed by atoms with van der Waals surface area (Å²) in [5.74, 6) is 0.473. The minimum Gasteiger partial charge on any atom is -0.489 e. The van der Waals surface area contributed by atoms with E-state index >= 15 is 0 Å². The number of benzene rings is 2. The van der Waals surface area contributed by atoms with E-state index < -0.39 is 0 Å². The first kappa shape index (κ1) is 20.6. The van der Waals surface area contributed by atoms with E-state index in [0.29, 0.717) is 22.0 Å². The lowest BCUT2D eigenvalue weighted by atomic mass is 10.1. The number of anilines is 1. The highest BCUT2D eigenvalue weighted by Crippen LogP contribution is 2.32. The summed E-state index contributed by atoms with van der Waals surface area (Å²) in [6.07, 6.45) is 3.23. The Balaban J connectivity index is 1.48. The van der Waals surface area contributed by atoms with Crippen LogP contribution in [0.1, 0.15) is 24.2 Å². The monoisotopic (exact) mass is 432 g/mol. The number of nitrogens with one attached hydrogen (secondary N) is 2. The average molecular weight is 433 g/mol. The molecule has 4 aromatic rings. The Labute approximate surface area is 185 Å². The number of aromatic amines is 1. The first-order chi connectivity index (χ1) is 15.0. The number of amides is 1. The van der Waals surface area contributed by atoms with Crippen molar-refractivity contribution in [1.82, 2.24) is 15.2 Å². The maximum absolute atomic E-state index is 12.3. The summed E-state index contributed by atoms with van der Waals surface area (Å²) in [6, 6.07) is 18.5. The quantitative estimate of drug-likeness (QED) is 0.401. The highest BCUT2D eigenvalue weighted by Gasteiger charge is 2.11. The number of hydrogen-bond donors (Lipinski definition) is 2. The Bertz CT molecular complexity index is 1190. The summed E-state index contributed by atoms with van der Waals surface area (Å²) < 4.78 is 5.68. The van der Waals surface area contributed by atoms with Crippen molar-refractivity contribution < 1.29 is 9.53 Å². The van der Waals surface area contributed by atoms with Gasteiger partial charge in [-0.3, -0.25) is 14.9 Å². The van der Waals surface area contributed by atoms with Crippen molar-refractivity contribution in [2.45, 2.75) is 20.0 Å². The molecule has 0 saturated heterocycles. The van der Waals surface area contributed by atoms with Gasteiger partial charge in [0.1, 0.15) is 5.75 Å². The van der Waals surface area contributed by atoms with Gasteiger partial charge in [-0.1, -0.05) is 23.7 Å². The molecule has 4 rings (SSSR count). The molecule has 2 aromatic heterocycles. The molecule has 2 N–H and O–H groups in total. The molecule has 0 aliphatic rings. The highest BCUT2D eigenvalue weighted by molar-refractivity contribution is 6.32. The zero-order valence-electron chi connectivity index (χ0n) is 17.1. The van der Waals surface area contributed by atoms with Crippen molar-refractivity contribution in [2.24, 2.45) is 0 Å². The maximum Gasteiger partial charge on any atom is 0.255 e. The van der Waals surface area contributed by atoms with Gasteiger partial charge in [-0.2, -0.15) is 5.10 Å². The molecule has 1 amide bonds. The van der Waals surface area contributed by atoms with Crippen LogP contribution in [0.25, 0.3) is 22.5 Å².